The van der Waals surface area contributed by atoms with Crippen LogP contribution < -0.4 is 5.32 Å². The van der Waals surface area contributed by atoms with Gasteiger partial charge in [-0.25, -0.2) is 19.3 Å². The first-order valence-electron chi connectivity index (χ1n) is 10.6. The lowest BCUT2D eigenvalue weighted by Crippen LogP contribution is -2.29. The molecule has 176 valence electrons. The molecule has 0 saturated heterocycles. The van der Waals surface area contributed by atoms with Crippen LogP contribution >= 0.6 is 0 Å². The normalized spacial score (nSPS) is 12.7. The molecule has 4 heterocycles. The second-order valence-electron chi connectivity index (χ2n) is 8.02. The number of rotatable bonds is 4. The van der Waals surface area contributed by atoms with Crippen molar-refractivity contribution in [2.75, 3.05) is 5.32 Å². The zero-order valence-electron chi connectivity index (χ0n) is 18.6. The molecule has 6 nitrogen and oxygen atoms in total. The van der Waals surface area contributed by atoms with Crippen molar-refractivity contribution < 1.29 is 17.6 Å². The minimum Gasteiger partial charge on any atom is -0.353 e. The molecule has 10 heteroatoms. The number of hydrogen-bond acceptors (Lipinski definition) is 6. The van der Waals surface area contributed by atoms with Gasteiger partial charge < -0.3 is 5.32 Å². The minimum atomic E-state index is -4.73. The van der Waals surface area contributed by atoms with Gasteiger partial charge in [0.15, 0.2) is 11.9 Å². The van der Waals surface area contributed by atoms with Gasteiger partial charge >= 0.3 is 6.18 Å². The Kier molecular flexibility index (Phi) is 5.50. The maximum absolute atomic E-state index is 14.6. The number of aryl methyl sites for hydroxylation is 2. The summed E-state index contributed by atoms with van der Waals surface area (Å²) in [5.74, 6) is -0.558. The van der Waals surface area contributed by atoms with Crippen LogP contribution in [0, 0.1) is 19.7 Å². The Labute approximate surface area is 197 Å². The minimum absolute atomic E-state index is 0.0537. The maximum atomic E-state index is 14.6. The first kappa shape index (κ1) is 22.6. The molecule has 35 heavy (non-hydrogen) atoms. The second-order valence-corrected chi connectivity index (χ2v) is 8.02. The number of anilines is 1. The fraction of sp³-hybridized carbons (Fsp3) is 0.160. The standard InChI is InChI=1S/C25H18F4N6/c1-13-18(26)8-7-15-11-17(21(34-20(13)15)16-5-3-9-30-14(16)2)23(25(27,28)29)35-24-22-19(32-12-33-24)6-4-10-31-22/h3-12,23H,1-2H3,(H,32,33,35)/t23-/m1/s1. The highest BCUT2D eigenvalue weighted by Gasteiger charge is 2.43. The Morgan fingerprint density at radius 1 is 0.886 bits per heavy atom. The van der Waals surface area contributed by atoms with E-state index in [1.807, 2.05) is 0 Å². The molecule has 0 spiro atoms. The summed E-state index contributed by atoms with van der Waals surface area (Å²) in [5.41, 5.74) is 1.95. The largest absolute Gasteiger partial charge is 0.412 e. The average molecular weight is 478 g/mol. The smallest absolute Gasteiger partial charge is 0.353 e. The summed E-state index contributed by atoms with van der Waals surface area (Å²) in [6, 6.07) is 8.37. The van der Waals surface area contributed by atoms with Crippen molar-refractivity contribution in [3.8, 4) is 11.3 Å². The Morgan fingerprint density at radius 3 is 2.43 bits per heavy atom. The molecule has 4 aromatic heterocycles. The number of hydrogen-bond donors (Lipinski definition) is 1. The Hall–Kier alpha value is -4.21. The number of nitrogens with one attached hydrogen (secondary N) is 1. The summed E-state index contributed by atoms with van der Waals surface area (Å²) >= 11 is 0. The van der Waals surface area contributed by atoms with Crippen LogP contribution in [-0.2, 0) is 0 Å². The number of aromatic nitrogens is 5. The van der Waals surface area contributed by atoms with Crippen molar-refractivity contribution in [2.24, 2.45) is 0 Å². The lowest BCUT2D eigenvalue weighted by molar-refractivity contribution is -0.143. The lowest BCUT2D eigenvalue weighted by Gasteiger charge is -2.25. The SMILES string of the molecule is Cc1ncccc1-c1nc2c(C)c(F)ccc2cc1[C@@H](Nc1ncnc2cccnc12)C(F)(F)F. The molecule has 5 aromatic rings. The van der Waals surface area contributed by atoms with Gasteiger partial charge in [0.2, 0.25) is 0 Å². The highest BCUT2D eigenvalue weighted by atomic mass is 19.4. The summed E-state index contributed by atoms with van der Waals surface area (Å²) in [4.78, 5) is 21.0. The predicted octanol–water partition coefficient (Wildman–Crippen LogP) is 6.11. The quantitative estimate of drug-likeness (QED) is 0.314. The average Bonchev–Trinajstić information content (AvgIpc) is 2.84. The number of fused-ring (bicyclic) bond motifs is 2. The topological polar surface area (TPSA) is 76.5 Å². The van der Waals surface area contributed by atoms with E-state index < -0.39 is 18.0 Å². The van der Waals surface area contributed by atoms with Crippen molar-refractivity contribution in [1.29, 1.82) is 0 Å². The van der Waals surface area contributed by atoms with E-state index in [0.717, 1.165) is 0 Å². The van der Waals surface area contributed by atoms with Crippen molar-refractivity contribution in [3.63, 3.8) is 0 Å². The third kappa shape index (κ3) is 4.11. The molecular weight excluding hydrogens is 460 g/mol. The van der Waals surface area contributed by atoms with E-state index in [1.54, 1.807) is 44.3 Å². The van der Waals surface area contributed by atoms with Gasteiger partial charge in [-0.3, -0.25) is 9.97 Å². The van der Waals surface area contributed by atoms with E-state index in [-0.39, 0.29) is 33.7 Å². The molecule has 1 N–H and O–H groups in total. The fourth-order valence-corrected chi connectivity index (χ4v) is 4.02. The number of pyridine rings is 3. The van der Waals surface area contributed by atoms with Gasteiger partial charge in [0.05, 0.1) is 16.7 Å². The number of halogens is 4. The molecule has 0 radical (unpaired) electrons. The summed E-state index contributed by atoms with van der Waals surface area (Å²) in [6.07, 6.45) is -0.556. The van der Waals surface area contributed by atoms with Gasteiger partial charge in [0.25, 0.3) is 0 Å². The highest BCUT2D eigenvalue weighted by Crippen LogP contribution is 2.42. The van der Waals surface area contributed by atoms with Crippen LogP contribution in [0.15, 0.2) is 61.2 Å². The Bertz CT molecular complexity index is 1560. The van der Waals surface area contributed by atoms with Crippen molar-refractivity contribution in [1.82, 2.24) is 24.9 Å². The van der Waals surface area contributed by atoms with Gasteiger partial charge in [-0.1, -0.05) is 0 Å². The Balaban J connectivity index is 1.78. The number of nitrogens with zero attached hydrogens (tertiary/aromatic N) is 5. The molecular formula is C25H18F4N6. The second kappa shape index (κ2) is 8.53. The molecule has 1 atom stereocenters. The highest BCUT2D eigenvalue weighted by molar-refractivity contribution is 5.88. The molecule has 0 bridgehead atoms. The third-order valence-electron chi connectivity index (χ3n) is 5.78. The summed E-state index contributed by atoms with van der Waals surface area (Å²) in [5, 5.41) is 2.91. The third-order valence-corrected chi connectivity index (χ3v) is 5.78. The molecule has 0 amide bonds. The van der Waals surface area contributed by atoms with Crippen LogP contribution in [-0.4, -0.2) is 31.1 Å². The molecule has 0 aliphatic heterocycles. The van der Waals surface area contributed by atoms with Crippen molar-refractivity contribution in [2.45, 2.75) is 26.1 Å². The van der Waals surface area contributed by atoms with Gasteiger partial charge in [0, 0.05) is 40.2 Å². The lowest BCUT2D eigenvalue weighted by atomic mass is 9.95. The first-order chi connectivity index (χ1) is 16.7. The first-order valence-corrected chi connectivity index (χ1v) is 10.6. The summed E-state index contributed by atoms with van der Waals surface area (Å²) in [6.45, 7) is 3.23. The van der Waals surface area contributed by atoms with Gasteiger partial charge in [-0.2, -0.15) is 13.2 Å². The maximum Gasteiger partial charge on any atom is 0.412 e. The van der Waals surface area contributed by atoms with Gasteiger partial charge in [0.1, 0.15) is 17.7 Å². The van der Waals surface area contributed by atoms with Crippen LogP contribution in [0.25, 0.3) is 33.2 Å². The van der Waals surface area contributed by atoms with Gasteiger partial charge in [-0.05, 0) is 56.3 Å². The van der Waals surface area contributed by atoms with E-state index in [0.29, 0.717) is 22.2 Å². The van der Waals surface area contributed by atoms with Gasteiger partial charge in [-0.15, -0.1) is 0 Å². The summed E-state index contributed by atoms with van der Waals surface area (Å²) in [7, 11) is 0. The number of benzene rings is 1. The zero-order chi connectivity index (χ0) is 24.7. The predicted molar refractivity (Wildman–Crippen MR) is 124 cm³/mol. The van der Waals surface area contributed by atoms with Crippen molar-refractivity contribution >= 4 is 27.8 Å². The summed E-state index contributed by atoms with van der Waals surface area (Å²) < 4.78 is 58.1. The van der Waals surface area contributed by atoms with Crippen LogP contribution in [0.2, 0.25) is 0 Å². The fourth-order valence-electron chi connectivity index (χ4n) is 4.02. The van der Waals surface area contributed by atoms with Crippen LogP contribution in [0.1, 0.15) is 22.9 Å². The monoisotopic (exact) mass is 478 g/mol. The van der Waals surface area contributed by atoms with E-state index in [2.05, 4.69) is 30.2 Å². The number of alkyl halides is 3. The zero-order valence-corrected chi connectivity index (χ0v) is 18.6. The Morgan fingerprint density at radius 2 is 1.66 bits per heavy atom. The van der Waals surface area contributed by atoms with Crippen LogP contribution in [0.5, 0.6) is 0 Å². The van der Waals surface area contributed by atoms with E-state index in [9.17, 15) is 17.6 Å². The molecule has 0 unspecified atom stereocenters. The van der Waals surface area contributed by atoms with E-state index in [4.69, 9.17) is 0 Å². The molecule has 5 rings (SSSR count). The molecule has 1 aromatic carbocycles. The molecule has 0 aliphatic rings. The van der Waals surface area contributed by atoms with E-state index in [1.165, 1.54) is 30.7 Å². The van der Waals surface area contributed by atoms with Crippen LogP contribution in [0.3, 0.4) is 0 Å². The van der Waals surface area contributed by atoms with Crippen molar-refractivity contribution in [3.05, 3.63) is 83.8 Å². The van der Waals surface area contributed by atoms with E-state index >= 15 is 0 Å². The van der Waals surface area contributed by atoms with Crippen LogP contribution in [0.4, 0.5) is 23.4 Å². The molecule has 0 saturated carbocycles. The molecule has 0 aliphatic carbocycles. The molecule has 0 fully saturated rings.